The molecule has 0 aliphatic rings. The van der Waals surface area contributed by atoms with E-state index in [2.05, 4.69) is 4.98 Å². The Bertz CT molecular complexity index is 737. The predicted octanol–water partition coefficient (Wildman–Crippen LogP) is 3.12. The zero-order valence-electron chi connectivity index (χ0n) is 11.8. The molecule has 2 aromatic rings. The van der Waals surface area contributed by atoms with Crippen molar-refractivity contribution in [2.75, 3.05) is 13.7 Å². The van der Waals surface area contributed by atoms with E-state index >= 15 is 0 Å². The van der Waals surface area contributed by atoms with E-state index in [0.717, 1.165) is 20.7 Å². The molecule has 2 aromatic heterocycles. The summed E-state index contributed by atoms with van der Waals surface area (Å²) in [6, 6.07) is 0. The summed E-state index contributed by atoms with van der Waals surface area (Å²) >= 11 is 6.91. The van der Waals surface area contributed by atoms with Crippen molar-refractivity contribution >= 4 is 33.8 Å². The van der Waals surface area contributed by atoms with Gasteiger partial charge in [0.25, 0.3) is 5.56 Å². The van der Waals surface area contributed by atoms with Crippen molar-refractivity contribution in [2.24, 2.45) is 0 Å². The zero-order chi connectivity index (χ0) is 14.4. The lowest BCUT2D eigenvalue weighted by Crippen LogP contribution is -2.40. The third-order valence-corrected chi connectivity index (χ3v) is 4.74. The maximum atomic E-state index is 12.7. The summed E-state index contributed by atoms with van der Waals surface area (Å²) < 4.78 is 7.26. The second-order valence-corrected chi connectivity index (χ2v) is 6.91. The molecular weight excluding hydrogens is 280 g/mol. The van der Waals surface area contributed by atoms with Gasteiger partial charge in [-0.05, 0) is 45.5 Å². The lowest BCUT2D eigenvalue weighted by molar-refractivity contribution is 0.106. The summed E-state index contributed by atoms with van der Waals surface area (Å²) in [5, 5.41) is 0.736. The third-order valence-electron chi connectivity index (χ3n) is 3.33. The first kappa shape index (κ1) is 14.4. The number of ether oxygens (including phenoxy) is 1. The normalized spacial score (nSPS) is 12.3. The van der Waals surface area contributed by atoms with Crippen LogP contribution in [0.5, 0.6) is 0 Å². The summed E-state index contributed by atoms with van der Waals surface area (Å²) in [4.78, 5) is 17.9. The molecule has 19 heavy (non-hydrogen) atoms. The molecule has 0 radical (unpaired) electrons. The van der Waals surface area contributed by atoms with Gasteiger partial charge in [-0.2, -0.15) is 0 Å². The number of hydrogen-bond donors (Lipinski definition) is 1. The van der Waals surface area contributed by atoms with Crippen molar-refractivity contribution in [3.05, 3.63) is 25.6 Å². The molecule has 2 rings (SSSR count). The number of aromatic nitrogens is 2. The molecule has 4 nitrogen and oxygen atoms in total. The average molecular weight is 298 g/mol. The second-order valence-electron chi connectivity index (χ2n) is 5.30. The van der Waals surface area contributed by atoms with E-state index < -0.39 is 5.54 Å². The highest BCUT2D eigenvalue weighted by Gasteiger charge is 2.25. The standard InChI is InChI=1S/C13H18N2O2S2/c1-7-8(2)19-10-9(7)11(16)15(12(18)14-10)13(3,4)6-17-5/h6H2,1-5H3,(H,14,18). The minimum atomic E-state index is -0.476. The molecule has 104 valence electrons. The van der Waals surface area contributed by atoms with E-state index in [1.54, 1.807) is 23.0 Å². The van der Waals surface area contributed by atoms with Crippen LogP contribution >= 0.6 is 23.6 Å². The number of hydrogen-bond acceptors (Lipinski definition) is 4. The molecule has 0 atom stereocenters. The van der Waals surface area contributed by atoms with Crippen LogP contribution in [0.25, 0.3) is 10.2 Å². The van der Waals surface area contributed by atoms with Crippen molar-refractivity contribution in [3.63, 3.8) is 0 Å². The Labute approximate surface area is 121 Å². The van der Waals surface area contributed by atoms with Gasteiger partial charge in [0.05, 0.1) is 17.5 Å². The first-order valence-electron chi connectivity index (χ1n) is 6.04. The number of H-pyrrole nitrogens is 1. The highest BCUT2D eigenvalue weighted by Crippen LogP contribution is 2.27. The van der Waals surface area contributed by atoms with Crippen molar-refractivity contribution in [1.82, 2.24) is 9.55 Å². The van der Waals surface area contributed by atoms with E-state index in [1.807, 2.05) is 27.7 Å². The van der Waals surface area contributed by atoms with E-state index in [1.165, 1.54) is 0 Å². The van der Waals surface area contributed by atoms with Crippen LogP contribution in [0, 0.1) is 18.6 Å². The maximum Gasteiger partial charge on any atom is 0.263 e. The third kappa shape index (κ3) is 2.28. The van der Waals surface area contributed by atoms with E-state index in [0.29, 0.717) is 11.4 Å². The maximum absolute atomic E-state index is 12.7. The zero-order valence-corrected chi connectivity index (χ0v) is 13.4. The first-order valence-corrected chi connectivity index (χ1v) is 7.26. The van der Waals surface area contributed by atoms with Crippen LogP contribution in [-0.2, 0) is 10.3 Å². The molecule has 0 saturated carbocycles. The molecule has 0 aliphatic carbocycles. The lowest BCUT2D eigenvalue weighted by atomic mass is 10.1. The van der Waals surface area contributed by atoms with Crippen LogP contribution in [-0.4, -0.2) is 23.3 Å². The van der Waals surface area contributed by atoms with Gasteiger partial charge >= 0.3 is 0 Å². The van der Waals surface area contributed by atoms with Crippen LogP contribution in [0.3, 0.4) is 0 Å². The van der Waals surface area contributed by atoms with Crippen molar-refractivity contribution in [2.45, 2.75) is 33.2 Å². The largest absolute Gasteiger partial charge is 0.382 e. The fraction of sp³-hybridized carbons (Fsp3) is 0.538. The SMILES string of the molecule is COCC(C)(C)n1c(=S)[nH]c2sc(C)c(C)c2c1=O. The van der Waals surface area contributed by atoms with E-state index in [9.17, 15) is 4.79 Å². The molecule has 0 fully saturated rings. The smallest absolute Gasteiger partial charge is 0.263 e. The molecule has 0 bridgehead atoms. The molecule has 0 unspecified atom stereocenters. The van der Waals surface area contributed by atoms with Gasteiger partial charge in [-0.25, -0.2) is 0 Å². The van der Waals surface area contributed by atoms with Crippen LogP contribution in [0.4, 0.5) is 0 Å². The topological polar surface area (TPSA) is 47.0 Å². The Kier molecular flexibility index (Phi) is 3.68. The molecule has 0 spiro atoms. The van der Waals surface area contributed by atoms with E-state index in [-0.39, 0.29) is 5.56 Å². The van der Waals surface area contributed by atoms with Gasteiger partial charge in [-0.3, -0.25) is 9.36 Å². The van der Waals surface area contributed by atoms with Gasteiger partial charge in [-0.15, -0.1) is 11.3 Å². The highest BCUT2D eigenvalue weighted by atomic mass is 32.1. The fourth-order valence-corrected chi connectivity index (χ4v) is 3.85. The number of methoxy groups -OCH3 is 1. The molecule has 0 saturated heterocycles. The summed E-state index contributed by atoms with van der Waals surface area (Å²) in [5.41, 5.74) is 0.511. The molecule has 1 N–H and O–H groups in total. The predicted molar refractivity (Wildman–Crippen MR) is 81.9 cm³/mol. The van der Waals surface area contributed by atoms with Crippen LogP contribution in [0.2, 0.25) is 0 Å². The van der Waals surface area contributed by atoms with Gasteiger partial charge in [0.1, 0.15) is 4.83 Å². The van der Waals surface area contributed by atoms with Gasteiger partial charge < -0.3 is 9.72 Å². The number of thiophene rings is 1. The number of aromatic amines is 1. The Balaban J connectivity index is 2.87. The van der Waals surface area contributed by atoms with Gasteiger partial charge in [-0.1, -0.05) is 0 Å². The molecule has 2 heterocycles. The second kappa shape index (κ2) is 4.85. The Hall–Kier alpha value is -0.980. The number of fused-ring (bicyclic) bond motifs is 1. The molecular formula is C13H18N2O2S2. The van der Waals surface area contributed by atoms with Crippen molar-refractivity contribution in [3.8, 4) is 0 Å². The number of aryl methyl sites for hydroxylation is 2. The highest BCUT2D eigenvalue weighted by molar-refractivity contribution is 7.71. The van der Waals surface area contributed by atoms with Crippen LogP contribution in [0.1, 0.15) is 24.3 Å². The number of nitrogens with one attached hydrogen (secondary N) is 1. The summed E-state index contributed by atoms with van der Waals surface area (Å²) in [5.74, 6) is 0. The number of nitrogens with zero attached hydrogens (tertiary/aromatic N) is 1. The van der Waals surface area contributed by atoms with Crippen molar-refractivity contribution in [1.29, 1.82) is 0 Å². The Morgan fingerprint density at radius 2 is 2.05 bits per heavy atom. The summed E-state index contributed by atoms with van der Waals surface area (Å²) in [7, 11) is 1.62. The van der Waals surface area contributed by atoms with Crippen LogP contribution < -0.4 is 5.56 Å². The monoisotopic (exact) mass is 298 g/mol. The minimum absolute atomic E-state index is 0.0392. The van der Waals surface area contributed by atoms with E-state index in [4.69, 9.17) is 17.0 Å². The van der Waals surface area contributed by atoms with Crippen LogP contribution in [0.15, 0.2) is 4.79 Å². The molecule has 6 heteroatoms. The summed E-state index contributed by atoms with van der Waals surface area (Å²) in [6.07, 6.45) is 0. The van der Waals surface area contributed by atoms with Crippen molar-refractivity contribution < 1.29 is 4.74 Å². The molecule has 0 aliphatic heterocycles. The lowest BCUT2D eigenvalue weighted by Gasteiger charge is -2.26. The Morgan fingerprint density at radius 3 is 2.63 bits per heavy atom. The first-order chi connectivity index (χ1) is 8.79. The van der Waals surface area contributed by atoms with Gasteiger partial charge in [0.15, 0.2) is 4.77 Å². The quantitative estimate of drug-likeness (QED) is 0.886. The average Bonchev–Trinajstić information content (AvgIpc) is 2.53. The summed E-state index contributed by atoms with van der Waals surface area (Å²) in [6.45, 7) is 8.31. The fourth-order valence-electron chi connectivity index (χ4n) is 2.30. The Morgan fingerprint density at radius 1 is 1.42 bits per heavy atom. The molecule has 0 aromatic carbocycles. The van der Waals surface area contributed by atoms with Gasteiger partial charge in [0, 0.05) is 12.0 Å². The van der Waals surface area contributed by atoms with Gasteiger partial charge in [0.2, 0.25) is 0 Å². The minimum Gasteiger partial charge on any atom is -0.382 e. The molecule has 0 amide bonds. The number of rotatable bonds is 3.